The van der Waals surface area contributed by atoms with Crippen molar-refractivity contribution in [2.45, 2.75) is 51.2 Å². The lowest BCUT2D eigenvalue weighted by atomic mass is 9.72. The summed E-state index contributed by atoms with van der Waals surface area (Å²) in [6.45, 7) is 5.51. The van der Waals surface area contributed by atoms with Gasteiger partial charge in [-0.1, -0.05) is 98.8 Å². The Labute approximate surface area is 296 Å². The first-order chi connectivity index (χ1) is 24.0. The second-order valence-corrected chi connectivity index (χ2v) is 15.1. The van der Waals surface area contributed by atoms with Gasteiger partial charge in [-0.2, -0.15) is 0 Å². The van der Waals surface area contributed by atoms with Crippen molar-refractivity contribution in [2.75, 3.05) is 48.8 Å². The van der Waals surface area contributed by atoms with Gasteiger partial charge in [-0.15, -0.1) is 0 Å². The fourth-order valence-corrected chi connectivity index (χ4v) is 8.34. The molecule has 258 valence electrons. The molecule has 50 heavy (non-hydrogen) atoms. The van der Waals surface area contributed by atoms with Gasteiger partial charge in [0.1, 0.15) is 5.60 Å². The normalized spacial score (nSPS) is 19.3. The van der Waals surface area contributed by atoms with Crippen molar-refractivity contribution >= 4 is 28.8 Å². The zero-order valence-corrected chi connectivity index (χ0v) is 29.6. The van der Waals surface area contributed by atoms with Gasteiger partial charge in [-0.25, -0.2) is 0 Å². The number of carbonyl (C=O) groups excluding carboxylic acids is 2. The average molecular weight is 669 g/mol. The summed E-state index contributed by atoms with van der Waals surface area (Å²) in [5.41, 5.74) is 5.97. The molecule has 7 rings (SSSR count). The van der Waals surface area contributed by atoms with Gasteiger partial charge in [-0.3, -0.25) is 9.59 Å². The molecule has 2 N–H and O–H groups in total. The summed E-state index contributed by atoms with van der Waals surface area (Å²) in [6, 6.07) is 35.9. The first-order valence-corrected chi connectivity index (χ1v) is 17.8. The number of fused-ring (bicyclic) bond motifs is 1. The van der Waals surface area contributed by atoms with Crippen LogP contribution in [-0.4, -0.2) is 55.4 Å². The van der Waals surface area contributed by atoms with E-state index in [0.29, 0.717) is 32.4 Å². The SMILES string of the molecule is CN(C)c1ccc(C2C3=C(CC(C)(C)CC3=O)Nc3ccccc3N2CC(=O)N2CCC(C(O)(c3ccccc3)c3ccccc3)CC2)cc1. The number of ketones is 1. The van der Waals surface area contributed by atoms with Gasteiger partial charge in [0.05, 0.1) is 24.0 Å². The maximum atomic E-state index is 14.4. The summed E-state index contributed by atoms with van der Waals surface area (Å²) >= 11 is 0. The Morgan fingerprint density at radius 3 is 2.02 bits per heavy atom. The topological polar surface area (TPSA) is 76.1 Å². The zero-order valence-electron chi connectivity index (χ0n) is 29.6. The molecule has 0 aromatic heterocycles. The molecule has 1 saturated heterocycles. The molecule has 7 heteroatoms. The van der Waals surface area contributed by atoms with Crippen molar-refractivity contribution in [2.24, 2.45) is 11.3 Å². The fraction of sp³-hybridized carbons (Fsp3) is 0.349. The minimum Gasteiger partial charge on any atom is -0.380 e. The highest BCUT2D eigenvalue weighted by atomic mass is 16.3. The molecule has 0 bridgehead atoms. The van der Waals surface area contributed by atoms with E-state index in [1.165, 1.54) is 0 Å². The van der Waals surface area contributed by atoms with Crippen molar-refractivity contribution in [1.82, 2.24) is 4.90 Å². The molecule has 1 amide bonds. The molecule has 3 aliphatic rings. The van der Waals surface area contributed by atoms with Gasteiger partial charge < -0.3 is 25.1 Å². The summed E-state index contributed by atoms with van der Waals surface area (Å²) in [5, 5.41) is 16.1. The largest absolute Gasteiger partial charge is 0.380 e. The molecule has 2 aliphatic heterocycles. The Balaban J connectivity index is 1.21. The van der Waals surface area contributed by atoms with E-state index < -0.39 is 11.6 Å². The van der Waals surface area contributed by atoms with E-state index in [1.54, 1.807) is 0 Å². The van der Waals surface area contributed by atoms with Gasteiger partial charge in [0.2, 0.25) is 5.91 Å². The summed E-state index contributed by atoms with van der Waals surface area (Å²) in [7, 11) is 4.03. The summed E-state index contributed by atoms with van der Waals surface area (Å²) < 4.78 is 0. The first kappa shape index (κ1) is 33.6. The van der Waals surface area contributed by atoms with Gasteiger partial charge >= 0.3 is 0 Å². The molecule has 0 saturated carbocycles. The van der Waals surface area contributed by atoms with Crippen molar-refractivity contribution in [3.8, 4) is 0 Å². The highest BCUT2D eigenvalue weighted by Crippen LogP contribution is 2.49. The fourth-order valence-electron chi connectivity index (χ4n) is 8.34. The van der Waals surface area contributed by atoms with Crippen LogP contribution in [0.25, 0.3) is 0 Å². The number of anilines is 3. The number of benzene rings is 4. The highest BCUT2D eigenvalue weighted by molar-refractivity contribution is 6.02. The van der Waals surface area contributed by atoms with Crippen LogP contribution in [0.5, 0.6) is 0 Å². The molecule has 4 aromatic rings. The van der Waals surface area contributed by atoms with Crippen LogP contribution in [0.3, 0.4) is 0 Å². The summed E-state index contributed by atoms with van der Waals surface area (Å²) in [4.78, 5) is 34.7. The van der Waals surface area contributed by atoms with Crippen molar-refractivity contribution in [3.63, 3.8) is 0 Å². The number of carbonyl (C=O) groups is 2. The lowest BCUT2D eigenvalue weighted by Crippen LogP contribution is -2.49. The molecule has 4 aromatic carbocycles. The van der Waals surface area contributed by atoms with Crippen LogP contribution in [0.15, 0.2) is 120 Å². The van der Waals surface area contributed by atoms with Crippen LogP contribution in [0.4, 0.5) is 17.1 Å². The monoisotopic (exact) mass is 668 g/mol. The maximum absolute atomic E-state index is 14.4. The minimum absolute atomic E-state index is 0.0174. The molecule has 0 radical (unpaired) electrons. The van der Waals surface area contributed by atoms with Crippen LogP contribution >= 0.6 is 0 Å². The number of likely N-dealkylation sites (tertiary alicyclic amines) is 1. The number of hydrogen-bond donors (Lipinski definition) is 2. The number of aliphatic hydroxyl groups is 1. The van der Waals surface area contributed by atoms with E-state index in [9.17, 15) is 14.7 Å². The highest BCUT2D eigenvalue weighted by Gasteiger charge is 2.44. The Morgan fingerprint density at radius 2 is 1.42 bits per heavy atom. The number of nitrogens with zero attached hydrogens (tertiary/aromatic N) is 3. The number of amides is 1. The molecule has 0 spiro atoms. The zero-order chi connectivity index (χ0) is 35.0. The third-order valence-corrected chi connectivity index (χ3v) is 10.9. The second kappa shape index (κ2) is 13.4. The van der Waals surface area contributed by atoms with Crippen molar-refractivity contribution < 1.29 is 14.7 Å². The van der Waals surface area contributed by atoms with Crippen LogP contribution in [0.1, 0.15) is 62.3 Å². The van der Waals surface area contributed by atoms with Crippen LogP contribution in [0.2, 0.25) is 0 Å². The Kier molecular flexibility index (Phi) is 9.04. The van der Waals surface area contributed by atoms with E-state index in [4.69, 9.17) is 0 Å². The molecule has 1 aliphatic carbocycles. The van der Waals surface area contributed by atoms with Crippen LogP contribution < -0.4 is 15.1 Å². The third kappa shape index (κ3) is 6.31. The Bertz CT molecular complexity index is 1840. The standard InChI is InChI=1S/C43H48N4O3/c1-42(2)27-36-40(38(48)28-42)41(30-19-21-34(22-20-30)45(3)4)47(37-18-12-11-17-35(37)44-36)29-39(49)46-25-23-33(24-26-46)43(50,31-13-7-5-8-14-31)32-15-9-6-10-16-32/h5-22,33,41,44,50H,23-29H2,1-4H3. The van der Waals surface area contributed by atoms with Crippen LogP contribution in [-0.2, 0) is 15.2 Å². The van der Waals surface area contributed by atoms with Gasteiger partial charge in [0, 0.05) is 50.6 Å². The molecule has 1 fully saturated rings. The predicted molar refractivity (Wildman–Crippen MR) is 201 cm³/mol. The number of para-hydroxylation sites is 2. The smallest absolute Gasteiger partial charge is 0.242 e. The van der Waals surface area contributed by atoms with E-state index in [0.717, 1.165) is 51.4 Å². The van der Waals surface area contributed by atoms with E-state index >= 15 is 0 Å². The predicted octanol–water partition coefficient (Wildman–Crippen LogP) is 7.54. The maximum Gasteiger partial charge on any atom is 0.242 e. The number of allylic oxidation sites excluding steroid dienone is 1. The number of Topliss-reactive ketones (excluding diaryl/α,β-unsaturated/α-hetero) is 1. The first-order valence-electron chi connectivity index (χ1n) is 17.8. The summed E-state index contributed by atoms with van der Waals surface area (Å²) in [6.07, 6.45) is 2.54. The number of hydrogen-bond acceptors (Lipinski definition) is 6. The number of piperidine rings is 1. The molecule has 1 unspecified atom stereocenters. The van der Waals surface area contributed by atoms with Crippen molar-refractivity contribution in [3.05, 3.63) is 137 Å². The van der Waals surface area contributed by atoms with Crippen LogP contribution in [0, 0.1) is 11.3 Å². The quantitative estimate of drug-likeness (QED) is 0.212. The average Bonchev–Trinajstić information content (AvgIpc) is 3.26. The molecular formula is C43H48N4O3. The van der Waals surface area contributed by atoms with E-state index in [1.807, 2.05) is 97.9 Å². The Hall–Kier alpha value is -4.88. The minimum atomic E-state index is -1.16. The molecule has 7 nitrogen and oxygen atoms in total. The van der Waals surface area contributed by atoms with Gasteiger partial charge in [-0.05, 0) is 71.6 Å². The van der Waals surface area contributed by atoms with E-state index in [2.05, 4.69) is 59.3 Å². The van der Waals surface area contributed by atoms with Gasteiger partial charge in [0.15, 0.2) is 5.78 Å². The number of nitrogens with one attached hydrogen (secondary N) is 1. The summed E-state index contributed by atoms with van der Waals surface area (Å²) in [5.74, 6) is 0.0831. The van der Waals surface area contributed by atoms with Crippen molar-refractivity contribution in [1.29, 1.82) is 0 Å². The lowest BCUT2D eigenvalue weighted by Gasteiger charge is -2.43. The number of rotatable bonds is 7. The lowest BCUT2D eigenvalue weighted by molar-refractivity contribution is -0.132. The molecule has 1 atom stereocenters. The van der Waals surface area contributed by atoms with E-state index in [-0.39, 0.29) is 29.6 Å². The van der Waals surface area contributed by atoms with Gasteiger partial charge in [0.25, 0.3) is 0 Å². The Morgan fingerprint density at radius 1 is 0.840 bits per heavy atom. The molecule has 2 heterocycles. The molecular weight excluding hydrogens is 620 g/mol. The second-order valence-electron chi connectivity index (χ2n) is 15.1. The third-order valence-electron chi connectivity index (χ3n) is 10.9.